The van der Waals surface area contributed by atoms with Gasteiger partial charge in [-0.3, -0.25) is 0 Å². The van der Waals surface area contributed by atoms with Crippen LogP contribution in [-0.2, 0) is 5.41 Å². The Morgan fingerprint density at radius 3 is 1.86 bits per heavy atom. The molecule has 1 aromatic heterocycles. The van der Waals surface area contributed by atoms with Crippen molar-refractivity contribution in [1.29, 1.82) is 10.5 Å². The van der Waals surface area contributed by atoms with E-state index in [9.17, 15) is 10.5 Å². The Balaban J connectivity index is 1.87. The third-order valence-corrected chi connectivity index (χ3v) is 7.34. The monoisotopic (exact) mass is 384 g/mol. The molecule has 0 aliphatic heterocycles. The van der Waals surface area contributed by atoms with E-state index in [1.54, 1.807) is 0 Å². The lowest BCUT2D eigenvalue weighted by Gasteiger charge is -2.30. The van der Waals surface area contributed by atoms with Gasteiger partial charge in [-0.15, -0.1) is 0 Å². The van der Waals surface area contributed by atoms with E-state index in [4.69, 9.17) is 0 Å². The van der Waals surface area contributed by atoms with Gasteiger partial charge in [0, 0.05) is 5.30 Å². The fourth-order valence-corrected chi connectivity index (χ4v) is 6.31. The number of benzene rings is 3. The molecule has 0 bridgehead atoms. The van der Waals surface area contributed by atoms with Crippen LogP contribution in [0, 0.1) is 22.7 Å². The summed E-state index contributed by atoms with van der Waals surface area (Å²) in [6, 6.07) is 29.5. The first-order valence-corrected chi connectivity index (χ1v) is 10.4. The van der Waals surface area contributed by atoms with E-state index < -0.39 is 5.41 Å². The zero-order valence-corrected chi connectivity index (χ0v) is 16.2. The molecular formula is C26H13N2P. The highest BCUT2D eigenvalue weighted by molar-refractivity contribution is 7.30. The second-order valence-electron chi connectivity index (χ2n) is 7.44. The first-order valence-electron chi connectivity index (χ1n) is 9.44. The van der Waals surface area contributed by atoms with Crippen molar-refractivity contribution in [2.24, 2.45) is 0 Å². The zero-order chi connectivity index (χ0) is 19.6. The van der Waals surface area contributed by atoms with Crippen LogP contribution in [-0.4, -0.2) is 0 Å². The van der Waals surface area contributed by atoms with Crippen molar-refractivity contribution in [3.05, 3.63) is 112 Å². The lowest BCUT2D eigenvalue weighted by Crippen LogP contribution is -2.25. The first-order chi connectivity index (χ1) is 14.3. The van der Waals surface area contributed by atoms with E-state index in [0.29, 0.717) is 11.1 Å². The van der Waals surface area contributed by atoms with Gasteiger partial charge in [0.2, 0.25) is 0 Å². The molecule has 0 unspecified atom stereocenters. The second-order valence-corrected chi connectivity index (χ2v) is 8.44. The van der Waals surface area contributed by atoms with Gasteiger partial charge in [-0.05, 0) is 69.0 Å². The third kappa shape index (κ3) is 1.87. The maximum atomic E-state index is 9.60. The average Bonchev–Trinajstić information content (AvgIpc) is 3.25. The lowest BCUT2D eigenvalue weighted by molar-refractivity contribution is 0.810. The molecule has 0 fully saturated rings. The van der Waals surface area contributed by atoms with E-state index in [2.05, 4.69) is 66.5 Å². The molecule has 132 valence electrons. The molecule has 6 rings (SSSR count). The van der Waals surface area contributed by atoms with Crippen LogP contribution in [0.5, 0.6) is 0 Å². The lowest BCUT2D eigenvalue weighted by atomic mass is 9.73. The van der Waals surface area contributed by atoms with Crippen LogP contribution in [0.25, 0.3) is 22.3 Å². The maximum absolute atomic E-state index is 9.60. The molecule has 29 heavy (non-hydrogen) atoms. The Bertz CT molecular complexity index is 1330. The zero-order valence-electron chi connectivity index (χ0n) is 15.3. The molecule has 1 spiro atoms. The Morgan fingerprint density at radius 1 is 0.621 bits per heavy atom. The Kier molecular flexibility index (Phi) is 3.17. The molecule has 2 aliphatic carbocycles. The number of nitriles is 2. The molecular weight excluding hydrogens is 371 g/mol. The van der Waals surface area contributed by atoms with Crippen molar-refractivity contribution in [1.82, 2.24) is 0 Å². The molecule has 0 amide bonds. The van der Waals surface area contributed by atoms with Gasteiger partial charge >= 0.3 is 0 Å². The number of nitrogens with zero attached hydrogens (tertiary/aromatic N) is 2. The summed E-state index contributed by atoms with van der Waals surface area (Å²) in [5.41, 5.74) is 9.20. The fourth-order valence-electron chi connectivity index (χ4n) is 5.10. The summed E-state index contributed by atoms with van der Waals surface area (Å²) in [6.07, 6.45) is 0. The predicted molar refractivity (Wildman–Crippen MR) is 115 cm³/mol. The average molecular weight is 384 g/mol. The molecule has 2 nitrogen and oxygen atoms in total. The molecule has 1 heterocycles. The van der Waals surface area contributed by atoms with Crippen LogP contribution in [0.15, 0.2) is 78.6 Å². The van der Waals surface area contributed by atoms with Crippen molar-refractivity contribution >= 4 is 8.19 Å². The van der Waals surface area contributed by atoms with Crippen LogP contribution in [0.1, 0.15) is 33.1 Å². The summed E-state index contributed by atoms with van der Waals surface area (Å²) in [6.45, 7) is 0. The quantitative estimate of drug-likeness (QED) is 0.306. The molecule has 4 aromatic rings. The largest absolute Gasteiger partial charge is 0.192 e. The van der Waals surface area contributed by atoms with Gasteiger partial charge in [-0.25, -0.2) is 0 Å². The summed E-state index contributed by atoms with van der Waals surface area (Å²) in [4.78, 5) is 0. The van der Waals surface area contributed by atoms with E-state index in [1.807, 2.05) is 24.3 Å². The summed E-state index contributed by atoms with van der Waals surface area (Å²) in [7, 11) is 1.15. The second kappa shape index (κ2) is 5.65. The number of fused-ring (bicyclic) bond motifs is 10. The summed E-state index contributed by atoms with van der Waals surface area (Å²) in [5, 5.41) is 20.5. The topological polar surface area (TPSA) is 47.6 Å². The molecule has 0 saturated carbocycles. The van der Waals surface area contributed by atoms with Crippen LogP contribution >= 0.6 is 8.19 Å². The van der Waals surface area contributed by atoms with Crippen LogP contribution in [0.3, 0.4) is 0 Å². The Labute approximate surface area is 170 Å². The molecule has 0 saturated heterocycles. The summed E-state index contributed by atoms with van der Waals surface area (Å²) in [5.74, 6) is 2.17. The van der Waals surface area contributed by atoms with Gasteiger partial charge < -0.3 is 0 Å². The third-order valence-electron chi connectivity index (χ3n) is 6.18. The van der Waals surface area contributed by atoms with Gasteiger partial charge in [-0.1, -0.05) is 56.7 Å². The summed E-state index contributed by atoms with van der Waals surface area (Å²) < 4.78 is 0. The fraction of sp³-hybridized carbons (Fsp3) is 0.0385. The molecule has 3 heteroatoms. The van der Waals surface area contributed by atoms with Crippen LogP contribution in [0.2, 0.25) is 0 Å². The molecule has 0 N–H and O–H groups in total. The first kappa shape index (κ1) is 16.3. The van der Waals surface area contributed by atoms with Gasteiger partial charge in [0.25, 0.3) is 0 Å². The van der Waals surface area contributed by atoms with Crippen molar-refractivity contribution in [3.63, 3.8) is 0 Å². The number of rotatable bonds is 0. The van der Waals surface area contributed by atoms with Crippen molar-refractivity contribution in [3.8, 4) is 34.4 Å². The van der Waals surface area contributed by atoms with Crippen molar-refractivity contribution in [2.75, 3.05) is 0 Å². The molecule has 0 radical (unpaired) electrons. The smallest absolute Gasteiger partial charge is 0.0991 e. The Hall–Kier alpha value is -3.71. The van der Waals surface area contributed by atoms with Crippen LogP contribution in [0.4, 0.5) is 0 Å². The van der Waals surface area contributed by atoms with E-state index in [0.717, 1.165) is 30.4 Å². The minimum absolute atomic E-state index is 0.459. The maximum Gasteiger partial charge on any atom is 0.0991 e. The SMILES string of the molecule is N#Cc1ccc2c(c1)C1(c3cc(C#N)ccc3-2)c2ccccc2-c2cccpc21. The minimum Gasteiger partial charge on any atom is -0.192 e. The molecule has 2 aliphatic rings. The highest BCUT2D eigenvalue weighted by atomic mass is 31.0. The van der Waals surface area contributed by atoms with Crippen molar-refractivity contribution < 1.29 is 0 Å². The highest BCUT2D eigenvalue weighted by Crippen LogP contribution is 2.64. The minimum atomic E-state index is -0.459. The molecule has 0 atom stereocenters. The standard InChI is InChI=1S/C26H13N2P/c27-14-16-7-9-19-20-10-8-17(15-28)13-24(20)26(23(19)12-16)22-6-2-1-4-18(22)21-5-3-11-29-25(21)26/h1-13H. The van der Waals surface area contributed by atoms with E-state index in [-0.39, 0.29) is 0 Å². The predicted octanol–water partition coefficient (Wildman–Crippen LogP) is 6.35. The number of hydrogen-bond acceptors (Lipinski definition) is 2. The molecule has 3 aromatic carbocycles. The van der Waals surface area contributed by atoms with E-state index in [1.165, 1.54) is 22.0 Å². The number of hydrogen-bond donors (Lipinski definition) is 0. The highest BCUT2D eigenvalue weighted by Gasteiger charge is 2.52. The van der Waals surface area contributed by atoms with Gasteiger partial charge in [0.1, 0.15) is 0 Å². The van der Waals surface area contributed by atoms with Crippen molar-refractivity contribution in [2.45, 2.75) is 5.41 Å². The van der Waals surface area contributed by atoms with Gasteiger partial charge in [-0.2, -0.15) is 10.5 Å². The normalized spacial score (nSPS) is 14.0. The summed E-state index contributed by atoms with van der Waals surface area (Å²) >= 11 is 0. The van der Waals surface area contributed by atoms with Crippen LogP contribution < -0.4 is 0 Å². The van der Waals surface area contributed by atoms with E-state index >= 15 is 0 Å². The van der Waals surface area contributed by atoms with Gasteiger partial charge in [0.15, 0.2) is 0 Å². The van der Waals surface area contributed by atoms with Gasteiger partial charge in [0.05, 0.1) is 28.7 Å². The Morgan fingerprint density at radius 2 is 1.21 bits per heavy atom.